The number of nitrogens with zero attached hydrogens (tertiary/aromatic N) is 3. The molecule has 0 amide bonds. The van der Waals surface area contributed by atoms with E-state index in [1.165, 1.54) is 11.1 Å². The smallest absolute Gasteiger partial charge is 0.122 e. The van der Waals surface area contributed by atoms with E-state index in [0.29, 0.717) is 6.61 Å². The molecule has 0 saturated carbocycles. The molecule has 0 bridgehead atoms. The minimum Gasteiger partial charge on any atom is -0.494 e. The Bertz CT molecular complexity index is 611. The van der Waals surface area contributed by atoms with Crippen LogP contribution in [0.4, 0.5) is 0 Å². The van der Waals surface area contributed by atoms with Gasteiger partial charge in [0.15, 0.2) is 0 Å². The topological polar surface area (TPSA) is 39.9 Å². The molecule has 1 aromatic carbocycles. The zero-order valence-corrected chi connectivity index (χ0v) is 14.4. The van der Waals surface area contributed by atoms with Gasteiger partial charge in [-0.1, -0.05) is 38.1 Å². The second kappa shape index (κ2) is 6.95. The number of hydrogen-bond donors (Lipinski definition) is 0. The molecular weight excluding hydrogens is 274 g/mol. The van der Waals surface area contributed by atoms with E-state index in [1.807, 2.05) is 17.8 Å². The van der Waals surface area contributed by atoms with Gasteiger partial charge in [-0.2, -0.15) is 0 Å². The second-order valence-electron chi connectivity index (χ2n) is 6.57. The SMILES string of the molecule is CCOc1ccc(C(C)(C)C)cc1CCc1cn(CC)nn1. The lowest BCUT2D eigenvalue weighted by Gasteiger charge is -2.21. The van der Waals surface area contributed by atoms with Gasteiger partial charge in [-0.3, -0.25) is 4.68 Å². The molecule has 0 atom stereocenters. The van der Waals surface area contributed by atoms with E-state index in [2.05, 4.69) is 56.2 Å². The summed E-state index contributed by atoms with van der Waals surface area (Å²) >= 11 is 0. The molecule has 4 heteroatoms. The highest BCUT2D eigenvalue weighted by Crippen LogP contribution is 2.29. The van der Waals surface area contributed by atoms with Crippen molar-refractivity contribution in [1.29, 1.82) is 0 Å². The van der Waals surface area contributed by atoms with Crippen LogP contribution >= 0.6 is 0 Å². The van der Waals surface area contributed by atoms with Crippen LogP contribution < -0.4 is 4.74 Å². The second-order valence-corrected chi connectivity index (χ2v) is 6.57. The zero-order valence-electron chi connectivity index (χ0n) is 14.4. The summed E-state index contributed by atoms with van der Waals surface area (Å²) in [5.74, 6) is 0.985. The van der Waals surface area contributed by atoms with Crippen LogP contribution in [0.15, 0.2) is 24.4 Å². The molecule has 120 valence electrons. The Labute approximate surface area is 133 Å². The maximum absolute atomic E-state index is 5.78. The Morgan fingerprint density at radius 2 is 1.91 bits per heavy atom. The van der Waals surface area contributed by atoms with Crippen molar-refractivity contribution < 1.29 is 4.74 Å². The summed E-state index contributed by atoms with van der Waals surface area (Å²) in [5, 5.41) is 8.32. The van der Waals surface area contributed by atoms with Gasteiger partial charge in [0.2, 0.25) is 0 Å². The molecule has 4 nitrogen and oxygen atoms in total. The van der Waals surface area contributed by atoms with Gasteiger partial charge in [-0.15, -0.1) is 5.10 Å². The first-order valence-electron chi connectivity index (χ1n) is 8.09. The molecule has 0 N–H and O–H groups in total. The van der Waals surface area contributed by atoms with E-state index in [-0.39, 0.29) is 5.41 Å². The fraction of sp³-hybridized carbons (Fsp3) is 0.556. The Hall–Kier alpha value is -1.84. The highest BCUT2D eigenvalue weighted by molar-refractivity contribution is 5.40. The monoisotopic (exact) mass is 301 g/mol. The fourth-order valence-corrected chi connectivity index (χ4v) is 2.41. The number of aryl methyl sites for hydroxylation is 3. The lowest BCUT2D eigenvalue weighted by molar-refractivity contribution is 0.336. The summed E-state index contributed by atoms with van der Waals surface area (Å²) in [6, 6.07) is 6.54. The van der Waals surface area contributed by atoms with Crippen LogP contribution in [-0.2, 0) is 24.8 Å². The molecule has 22 heavy (non-hydrogen) atoms. The minimum absolute atomic E-state index is 0.144. The first-order chi connectivity index (χ1) is 10.4. The van der Waals surface area contributed by atoms with Gasteiger partial charge in [-0.05, 0) is 49.3 Å². The molecule has 1 aromatic heterocycles. The maximum atomic E-state index is 5.78. The predicted molar refractivity (Wildman–Crippen MR) is 89.4 cm³/mol. The largest absolute Gasteiger partial charge is 0.494 e. The molecule has 0 aliphatic carbocycles. The minimum atomic E-state index is 0.144. The molecule has 0 unspecified atom stereocenters. The molecule has 0 saturated heterocycles. The highest BCUT2D eigenvalue weighted by Gasteiger charge is 2.16. The Balaban J connectivity index is 2.19. The van der Waals surface area contributed by atoms with Crippen molar-refractivity contribution in [2.45, 2.75) is 59.4 Å². The first kappa shape index (κ1) is 16.5. The Morgan fingerprint density at radius 1 is 1.14 bits per heavy atom. The van der Waals surface area contributed by atoms with Crippen molar-refractivity contribution in [3.05, 3.63) is 41.2 Å². The number of aromatic nitrogens is 3. The van der Waals surface area contributed by atoms with Crippen molar-refractivity contribution in [2.24, 2.45) is 0 Å². The van der Waals surface area contributed by atoms with E-state index < -0.39 is 0 Å². The highest BCUT2D eigenvalue weighted by atomic mass is 16.5. The van der Waals surface area contributed by atoms with E-state index >= 15 is 0 Å². The van der Waals surface area contributed by atoms with Gasteiger partial charge in [0, 0.05) is 12.7 Å². The number of benzene rings is 1. The molecule has 0 radical (unpaired) electrons. The zero-order chi connectivity index (χ0) is 16.2. The van der Waals surface area contributed by atoms with E-state index in [9.17, 15) is 0 Å². The summed E-state index contributed by atoms with van der Waals surface area (Å²) < 4.78 is 7.64. The van der Waals surface area contributed by atoms with Gasteiger partial charge in [-0.25, -0.2) is 0 Å². The van der Waals surface area contributed by atoms with Gasteiger partial charge >= 0.3 is 0 Å². The van der Waals surface area contributed by atoms with Gasteiger partial charge in [0.05, 0.1) is 12.3 Å². The predicted octanol–water partition coefficient (Wildman–Crippen LogP) is 3.78. The van der Waals surface area contributed by atoms with Crippen LogP contribution in [0, 0.1) is 0 Å². The molecule has 0 spiro atoms. The van der Waals surface area contributed by atoms with Crippen molar-refractivity contribution in [1.82, 2.24) is 15.0 Å². The standard InChI is InChI=1S/C18H27N3O/c1-6-21-13-16(19-20-21)10-8-14-12-15(18(3,4)5)9-11-17(14)22-7-2/h9,11-13H,6-8,10H2,1-5H3. The number of hydrogen-bond acceptors (Lipinski definition) is 3. The summed E-state index contributed by atoms with van der Waals surface area (Å²) in [7, 11) is 0. The van der Waals surface area contributed by atoms with Crippen LogP contribution in [0.3, 0.4) is 0 Å². The van der Waals surface area contributed by atoms with E-state index in [0.717, 1.165) is 30.8 Å². The van der Waals surface area contributed by atoms with E-state index in [1.54, 1.807) is 0 Å². The lowest BCUT2D eigenvalue weighted by Crippen LogP contribution is -2.12. The van der Waals surface area contributed by atoms with Crippen molar-refractivity contribution >= 4 is 0 Å². The average molecular weight is 301 g/mol. The van der Waals surface area contributed by atoms with Crippen LogP contribution in [0.2, 0.25) is 0 Å². The molecule has 2 rings (SSSR count). The third-order valence-electron chi connectivity index (χ3n) is 3.79. The Morgan fingerprint density at radius 3 is 2.50 bits per heavy atom. The quantitative estimate of drug-likeness (QED) is 0.815. The summed E-state index contributed by atoms with van der Waals surface area (Å²) in [6.45, 7) is 12.3. The lowest BCUT2D eigenvalue weighted by atomic mass is 9.85. The molecular formula is C18H27N3O. The van der Waals surface area contributed by atoms with Gasteiger partial charge in [0.1, 0.15) is 5.75 Å². The third-order valence-corrected chi connectivity index (χ3v) is 3.79. The third kappa shape index (κ3) is 4.09. The maximum Gasteiger partial charge on any atom is 0.122 e. The molecule has 0 fully saturated rings. The van der Waals surface area contributed by atoms with Crippen LogP contribution in [-0.4, -0.2) is 21.6 Å². The molecule has 2 aromatic rings. The first-order valence-corrected chi connectivity index (χ1v) is 8.09. The average Bonchev–Trinajstić information content (AvgIpc) is 2.93. The van der Waals surface area contributed by atoms with Crippen LogP contribution in [0.25, 0.3) is 0 Å². The van der Waals surface area contributed by atoms with E-state index in [4.69, 9.17) is 4.74 Å². The Kier molecular flexibility index (Phi) is 5.22. The molecule has 0 aliphatic rings. The number of ether oxygens (including phenoxy) is 1. The van der Waals surface area contributed by atoms with Crippen LogP contribution in [0.1, 0.15) is 51.4 Å². The van der Waals surface area contributed by atoms with Crippen molar-refractivity contribution in [3.63, 3.8) is 0 Å². The number of rotatable bonds is 6. The van der Waals surface area contributed by atoms with Gasteiger partial charge in [0.25, 0.3) is 0 Å². The summed E-state index contributed by atoms with van der Waals surface area (Å²) in [4.78, 5) is 0. The fourth-order valence-electron chi connectivity index (χ4n) is 2.41. The van der Waals surface area contributed by atoms with Crippen molar-refractivity contribution in [2.75, 3.05) is 6.61 Å². The summed E-state index contributed by atoms with van der Waals surface area (Å²) in [6.07, 6.45) is 3.82. The normalized spacial score (nSPS) is 11.7. The van der Waals surface area contributed by atoms with Crippen molar-refractivity contribution in [3.8, 4) is 5.75 Å². The van der Waals surface area contributed by atoms with Gasteiger partial charge < -0.3 is 4.74 Å². The summed E-state index contributed by atoms with van der Waals surface area (Å²) in [5.41, 5.74) is 3.76. The molecule has 1 heterocycles. The van der Waals surface area contributed by atoms with Crippen LogP contribution in [0.5, 0.6) is 5.75 Å². The molecule has 0 aliphatic heterocycles.